The molecule has 0 aromatic rings. The number of carboxylic acid groups (broad SMARTS) is 1. The Labute approximate surface area is 99.8 Å². The molecule has 0 aromatic carbocycles. The first-order valence-electron chi connectivity index (χ1n) is 5.24. The van der Waals surface area contributed by atoms with Crippen molar-refractivity contribution in [3.05, 3.63) is 0 Å². The van der Waals surface area contributed by atoms with E-state index in [1.54, 1.807) is 0 Å². The van der Waals surface area contributed by atoms with Gasteiger partial charge in [-0.1, -0.05) is 0 Å². The van der Waals surface area contributed by atoms with Gasteiger partial charge in [0.2, 0.25) is 5.91 Å². The molecule has 0 aliphatic carbocycles. The van der Waals surface area contributed by atoms with Gasteiger partial charge in [-0.3, -0.25) is 9.59 Å². The van der Waals surface area contributed by atoms with Gasteiger partial charge in [0.05, 0.1) is 11.5 Å². The van der Waals surface area contributed by atoms with E-state index in [4.69, 9.17) is 5.11 Å². The maximum absolute atomic E-state index is 11.7. The third-order valence-corrected chi connectivity index (χ3v) is 3.60. The standard InChI is InChI=1S/C10H18N2O3S/c1-11(2)8-3-4-12(5-8)9(13)6-16-7-10(14)15/h8H,3-7H2,1-2H3,(H,14,15). The molecule has 0 spiro atoms. The predicted octanol–water partition coefficient (Wildman–Crippen LogP) is -0.0333. The topological polar surface area (TPSA) is 60.9 Å². The number of likely N-dealkylation sites (tertiary alicyclic amines) is 1. The summed E-state index contributed by atoms with van der Waals surface area (Å²) >= 11 is 1.16. The van der Waals surface area contributed by atoms with E-state index in [9.17, 15) is 9.59 Å². The lowest BCUT2D eigenvalue weighted by atomic mass is 10.2. The highest BCUT2D eigenvalue weighted by molar-refractivity contribution is 8.00. The highest BCUT2D eigenvalue weighted by Gasteiger charge is 2.27. The van der Waals surface area contributed by atoms with Crippen LogP contribution in [0.5, 0.6) is 0 Å². The van der Waals surface area contributed by atoms with Crippen molar-refractivity contribution in [3.8, 4) is 0 Å². The van der Waals surface area contributed by atoms with Crippen LogP contribution in [-0.4, -0.2) is 71.5 Å². The molecule has 0 saturated carbocycles. The van der Waals surface area contributed by atoms with E-state index in [0.717, 1.165) is 31.3 Å². The number of amides is 1. The molecule has 1 N–H and O–H groups in total. The van der Waals surface area contributed by atoms with Gasteiger partial charge >= 0.3 is 5.97 Å². The smallest absolute Gasteiger partial charge is 0.313 e. The molecule has 5 nitrogen and oxygen atoms in total. The monoisotopic (exact) mass is 246 g/mol. The number of nitrogens with zero attached hydrogens (tertiary/aromatic N) is 2. The van der Waals surface area contributed by atoms with Gasteiger partial charge in [0.25, 0.3) is 0 Å². The summed E-state index contributed by atoms with van der Waals surface area (Å²) in [4.78, 5) is 25.9. The van der Waals surface area contributed by atoms with Crippen LogP contribution in [0.2, 0.25) is 0 Å². The van der Waals surface area contributed by atoms with Crippen LogP contribution in [0.15, 0.2) is 0 Å². The molecule has 0 bridgehead atoms. The average Bonchev–Trinajstić information content (AvgIpc) is 2.65. The van der Waals surface area contributed by atoms with Gasteiger partial charge in [0.1, 0.15) is 0 Å². The lowest BCUT2D eigenvalue weighted by Gasteiger charge is -2.20. The quantitative estimate of drug-likeness (QED) is 0.738. The number of carboxylic acids is 1. The number of likely N-dealkylation sites (N-methyl/N-ethyl adjacent to an activating group) is 1. The lowest BCUT2D eigenvalue weighted by Crippen LogP contribution is -2.35. The summed E-state index contributed by atoms with van der Waals surface area (Å²) in [7, 11) is 4.02. The molecular weight excluding hydrogens is 228 g/mol. The molecule has 1 amide bonds. The van der Waals surface area contributed by atoms with Gasteiger partial charge in [-0.2, -0.15) is 0 Å². The number of aliphatic carboxylic acids is 1. The molecule has 6 heteroatoms. The summed E-state index contributed by atoms with van der Waals surface area (Å²) in [6.45, 7) is 1.55. The molecule has 1 saturated heterocycles. The Morgan fingerprint density at radius 2 is 2.12 bits per heavy atom. The normalized spacial score (nSPS) is 20.4. The van der Waals surface area contributed by atoms with Crippen LogP contribution in [0.4, 0.5) is 0 Å². The van der Waals surface area contributed by atoms with E-state index in [0.29, 0.717) is 6.04 Å². The van der Waals surface area contributed by atoms with Crippen molar-refractivity contribution in [2.24, 2.45) is 0 Å². The fraction of sp³-hybridized carbons (Fsp3) is 0.800. The highest BCUT2D eigenvalue weighted by Crippen LogP contribution is 2.14. The zero-order valence-electron chi connectivity index (χ0n) is 9.68. The second kappa shape index (κ2) is 6.10. The molecular formula is C10H18N2O3S. The van der Waals surface area contributed by atoms with E-state index >= 15 is 0 Å². The molecule has 1 unspecified atom stereocenters. The number of carbonyl (C=O) groups is 2. The summed E-state index contributed by atoms with van der Waals surface area (Å²) in [5, 5.41) is 8.45. The van der Waals surface area contributed by atoms with Crippen molar-refractivity contribution in [2.45, 2.75) is 12.5 Å². The Morgan fingerprint density at radius 1 is 1.44 bits per heavy atom. The number of rotatable bonds is 5. The third-order valence-electron chi connectivity index (χ3n) is 2.70. The second-order valence-electron chi connectivity index (χ2n) is 4.13. The molecule has 16 heavy (non-hydrogen) atoms. The summed E-state index contributed by atoms with van der Waals surface area (Å²) < 4.78 is 0. The SMILES string of the molecule is CN(C)C1CCN(C(=O)CSCC(=O)O)C1. The van der Waals surface area contributed by atoms with Gasteiger partial charge in [-0.15, -0.1) is 11.8 Å². The number of hydrogen-bond acceptors (Lipinski definition) is 4. The van der Waals surface area contributed by atoms with Crippen LogP contribution in [0.3, 0.4) is 0 Å². The molecule has 1 rings (SSSR count). The van der Waals surface area contributed by atoms with Crippen molar-refractivity contribution < 1.29 is 14.7 Å². The fourth-order valence-corrected chi connectivity index (χ4v) is 2.34. The van der Waals surface area contributed by atoms with Crippen LogP contribution in [0, 0.1) is 0 Å². The first-order valence-corrected chi connectivity index (χ1v) is 6.40. The van der Waals surface area contributed by atoms with Gasteiger partial charge < -0.3 is 14.9 Å². The summed E-state index contributed by atoms with van der Waals surface area (Å²) in [6.07, 6.45) is 1.00. The van der Waals surface area contributed by atoms with E-state index in [1.807, 2.05) is 19.0 Å². The largest absolute Gasteiger partial charge is 0.481 e. The zero-order chi connectivity index (χ0) is 12.1. The number of carbonyl (C=O) groups excluding carboxylic acids is 1. The van der Waals surface area contributed by atoms with Gasteiger partial charge in [-0.05, 0) is 20.5 Å². The first kappa shape index (κ1) is 13.3. The van der Waals surface area contributed by atoms with Crippen LogP contribution in [-0.2, 0) is 9.59 Å². The maximum atomic E-state index is 11.7. The summed E-state index contributed by atoms with van der Waals surface area (Å²) in [5.41, 5.74) is 0. The number of hydrogen-bond donors (Lipinski definition) is 1. The van der Waals surface area contributed by atoms with Crippen LogP contribution < -0.4 is 0 Å². The van der Waals surface area contributed by atoms with Crippen LogP contribution >= 0.6 is 11.8 Å². The minimum atomic E-state index is -0.870. The molecule has 0 radical (unpaired) electrons. The Balaban J connectivity index is 2.25. The second-order valence-corrected chi connectivity index (χ2v) is 5.12. The lowest BCUT2D eigenvalue weighted by molar-refractivity contribution is -0.133. The van der Waals surface area contributed by atoms with Gasteiger partial charge in [-0.25, -0.2) is 0 Å². The van der Waals surface area contributed by atoms with Crippen molar-refractivity contribution in [2.75, 3.05) is 38.7 Å². The van der Waals surface area contributed by atoms with E-state index < -0.39 is 5.97 Å². The molecule has 1 fully saturated rings. The first-order chi connectivity index (χ1) is 7.50. The van der Waals surface area contributed by atoms with Gasteiger partial charge in [0.15, 0.2) is 0 Å². The fourth-order valence-electron chi connectivity index (χ4n) is 1.71. The Kier molecular flexibility index (Phi) is 5.08. The Bertz CT molecular complexity index is 271. The van der Waals surface area contributed by atoms with Crippen LogP contribution in [0.1, 0.15) is 6.42 Å². The van der Waals surface area contributed by atoms with Crippen molar-refractivity contribution in [1.82, 2.24) is 9.80 Å². The zero-order valence-corrected chi connectivity index (χ0v) is 10.5. The Hall–Kier alpha value is -0.750. The van der Waals surface area contributed by atoms with E-state index in [1.165, 1.54) is 0 Å². The molecule has 1 aliphatic heterocycles. The predicted molar refractivity (Wildman–Crippen MR) is 63.6 cm³/mol. The highest BCUT2D eigenvalue weighted by atomic mass is 32.2. The third kappa shape index (κ3) is 4.02. The van der Waals surface area contributed by atoms with E-state index in [2.05, 4.69) is 4.90 Å². The van der Waals surface area contributed by atoms with Gasteiger partial charge in [0, 0.05) is 19.1 Å². The summed E-state index contributed by atoms with van der Waals surface area (Å²) in [5.74, 6) is -0.552. The minimum Gasteiger partial charge on any atom is -0.481 e. The molecule has 1 atom stereocenters. The van der Waals surface area contributed by atoms with Crippen LogP contribution in [0.25, 0.3) is 0 Å². The van der Waals surface area contributed by atoms with E-state index in [-0.39, 0.29) is 17.4 Å². The average molecular weight is 246 g/mol. The maximum Gasteiger partial charge on any atom is 0.313 e. The molecule has 92 valence electrons. The Morgan fingerprint density at radius 3 is 2.62 bits per heavy atom. The molecule has 0 aromatic heterocycles. The summed E-state index contributed by atoms with van der Waals surface area (Å²) in [6, 6.07) is 0.438. The van der Waals surface area contributed by atoms with Crippen molar-refractivity contribution in [1.29, 1.82) is 0 Å². The van der Waals surface area contributed by atoms with Crippen molar-refractivity contribution >= 4 is 23.6 Å². The number of thioether (sulfide) groups is 1. The van der Waals surface area contributed by atoms with Crippen molar-refractivity contribution in [3.63, 3.8) is 0 Å². The molecule has 1 aliphatic rings. The molecule has 1 heterocycles. The minimum absolute atomic E-state index is 0.00328.